The molecule has 0 aliphatic rings. The number of hydrogen-bond donors (Lipinski definition) is 1. The fourth-order valence-corrected chi connectivity index (χ4v) is 2.41. The van der Waals surface area contributed by atoms with E-state index in [1.807, 2.05) is 0 Å². The molecule has 1 aromatic carbocycles. The summed E-state index contributed by atoms with van der Waals surface area (Å²) in [4.78, 5) is 13.8. The zero-order valence-corrected chi connectivity index (χ0v) is 10.2. The lowest BCUT2D eigenvalue weighted by atomic mass is 10.1. The summed E-state index contributed by atoms with van der Waals surface area (Å²) in [5.41, 5.74) is 0.934. The van der Waals surface area contributed by atoms with Gasteiger partial charge in [0.2, 0.25) is 5.56 Å². The lowest BCUT2D eigenvalue weighted by Crippen LogP contribution is -2.03. The minimum absolute atomic E-state index is 0.209. The number of aromatic nitrogens is 1. The number of pyridine rings is 1. The molecule has 0 unspecified atom stereocenters. The average Bonchev–Trinajstić information content (AvgIpc) is 2.15. The van der Waals surface area contributed by atoms with Crippen molar-refractivity contribution in [3.05, 3.63) is 55.8 Å². The maximum atomic E-state index is 11.2. The highest BCUT2D eigenvalue weighted by atomic mass is 35.5. The lowest BCUT2D eigenvalue weighted by Gasteiger charge is -2.07. The number of benzene rings is 1. The van der Waals surface area contributed by atoms with E-state index in [2.05, 4.69) is 4.98 Å². The molecule has 0 fully saturated rings. The number of nitrogens with one attached hydrogen (secondary N) is 1. The molecule has 2 nitrogen and oxygen atoms in total. The third-order valence-corrected chi connectivity index (χ3v) is 2.86. The van der Waals surface area contributed by atoms with Crippen molar-refractivity contribution < 1.29 is 0 Å². The molecule has 0 bridgehead atoms. The Morgan fingerprint density at radius 3 is 2.19 bits per heavy atom. The smallest absolute Gasteiger partial charge is 0.248 e. The number of halogens is 3. The lowest BCUT2D eigenvalue weighted by molar-refractivity contribution is 1.24. The van der Waals surface area contributed by atoms with Crippen molar-refractivity contribution >= 4 is 34.8 Å². The molecule has 1 aromatic heterocycles. The van der Waals surface area contributed by atoms with Gasteiger partial charge in [0.15, 0.2) is 0 Å². The van der Waals surface area contributed by atoms with Crippen LogP contribution in [0.3, 0.4) is 0 Å². The molecule has 5 heteroatoms. The summed E-state index contributed by atoms with van der Waals surface area (Å²) >= 11 is 17.9. The Labute approximate surface area is 107 Å². The third-order valence-electron chi connectivity index (χ3n) is 2.04. The van der Waals surface area contributed by atoms with Crippen molar-refractivity contribution in [1.29, 1.82) is 0 Å². The number of H-pyrrole nitrogens is 1. The van der Waals surface area contributed by atoms with E-state index in [1.54, 1.807) is 24.3 Å². The van der Waals surface area contributed by atoms with E-state index in [0.29, 0.717) is 26.3 Å². The molecule has 1 heterocycles. The predicted octanol–water partition coefficient (Wildman–Crippen LogP) is 4.00. The topological polar surface area (TPSA) is 32.9 Å². The van der Waals surface area contributed by atoms with Gasteiger partial charge in [-0.05, 0) is 18.2 Å². The van der Waals surface area contributed by atoms with E-state index in [4.69, 9.17) is 34.8 Å². The highest BCUT2D eigenvalue weighted by molar-refractivity contribution is 6.41. The highest BCUT2D eigenvalue weighted by Gasteiger charge is 2.10. The normalized spacial score (nSPS) is 10.4. The molecule has 16 heavy (non-hydrogen) atoms. The molecule has 1 N–H and O–H groups in total. The van der Waals surface area contributed by atoms with E-state index < -0.39 is 0 Å². The zero-order chi connectivity index (χ0) is 11.7. The maximum absolute atomic E-state index is 11.2. The summed E-state index contributed by atoms with van der Waals surface area (Å²) in [6, 6.07) is 7.93. The van der Waals surface area contributed by atoms with Crippen LogP contribution in [0.5, 0.6) is 0 Å². The largest absolute Gasteiger partial charge is 0.322 e. The van der Waals surface area contributed by atoms with Crippen LogP contribution in [-0.4, -0.2) is 4.98 Å². The molecule has 2 rings (SSSR count). The summed E-state index contributed by atoms with van der Waals surface area (Å²) in [7, 11) is 0. The summed E-state index contributed by atoms with van der Waals surface area (Å²) in [6.45, 7) is 0. The first-order valence-electron chi connectivity index (χ1n) is 4.42. The molecule has 0 amide bonds. The summed E-state index contributed by atoms with van der Waals surface area (Å²) in [5, 5.41) is 1.26. The summed E-state index contributed by atoms with van der Waals surface area (Å²) < 4.78 is 0. The second-order valence-electron chi connectivity index (χ2n) is 3.17. The molecule has 0 aliphatic heterocycles. The maximum Gasteiger partial charge on any atom is 0.248 e. The van der Waals surface area contributed by atoms with E-state index >= 15 is 0 Å². The van der Waals surface area contributed by atoms with Crippen LogP contribution in [0.2, 0.25) is 15.1 Å². The van der Waals surface area contributed by atoms with Gasteiger partial charge < -0.3 is 4.98 Å². The van der Waals surface area contributed by atoms with Crippen LogP contribution in [0.4, 0.5) is 0 Å². The van der Waals surface area contributed by atoms with Gasteiger partial charge in [0.25, 0.3) is 0 Å². The van der Waals surface area contributed by atoms with Crippen molar-refractivity contribution in [3.8, 4) is 11.3 Å². The van der Waals surface area contributed by atoms with Crippen LogP contribution in [0.1, 0.15) is 0 Å². The van der Waals surface area contributed by atoms with E-state index in [0.717, 1.165) is 0 Å². The first-order chi connectivity index (χ1) is 7.58. The molecular weight excluding hydrogens is 268 g/mol. The molecule has 0 saturated carbocycles. The molecule has 0 saturated heterocycles. The molecule has 0 radical (unpaired) electrons. The number of hydrogen-bond acceptors (Lipinski definition) is 1. The first-order valence-corrected chi connectivity index (χ1v) is 5.55. The molecular formula is C11H6Cl3NO. The van der Waals surface area contributed by atoms with Crippen LogP contribution >= 0.6 is 34.8 Å². The highest BCUT2D eigenvalue weighted by Crippen LogP contribution is 2.35. The van der Waals surface area contributed by atoms with Gasteiger partial charge in [0, 0.05) is 16.7 Å². The fourth-order valence-electron chi connectivity index (χ4n) is 1.39. The summed E-state index contributed by atoms with van der Waals surface area (Å²) in [6.07, 6.45) is 0. The van der Waals surface area contributed by atoms with Crippen LogP contribution in [0, 0.1) is 0 Å². The average molecular weight is 275 g/mol. The van der Waals surface area contributed by atoms with Gasteiger partial charge >= 0.3 is 0 Å². The van der Waals surface area contributed by atoms with Crippen molar-refractivity contribution in [2.45, 2.75) is 0 Å². The van der Waals surface area contributed by atoms with Gasteiger partial charge in [-0.15, -0.1) is 0 Å². The quantitative estimate of drug-likeness (QED) is 0.837. The molecule has 0 aliphatic carbocycles. The van der Waals surface area contributed by atoms with Gasteiger partial charge in [-0.3, -0.25) is 4.79 Å². The van der Waals surface area contributed by atoms with Crippen LogP contribution in [0.15, 0.2) is 35.1 Å². The van der Waals surface area contributed by atoms with Crippen LogP contribution in [-0.2, 0) is 0 Å². The monoisotopic (exact) mass is 273 g/mol. The second kappa shape index (κ2) is 4.50. The van der Waals surface area contributed by atoms with Gasteiger partial charge in [-0.1, -0.05) is 40.9 Å². The van der Waals surface area contributed by atoms with Crippen molar-refractivity contribution in [2.24, 2.45) is 0 Å². The Kier molecular flexibility index (Phi) is 3.24. The predicted molar refractivity (Wildman–Crippen MR) is 67.5 cm³/mol. The number of aromatic amines is 1. The Morgan fingerprint density at radius 1 is 1.00 bits per heavy atom. The Hall–Kier alpha value is -0.960. The van der Waals surface area contributed by atoms with Crippen molar-refractivity contribution in [2.75, 3.05) is 0 Å². The SMILES string of the molecule is O=c1cccc(-c2c(Cl)cc(Cl)cc2Cl)[nH]1. The standard InChI is InChI=1S/C11H6Cl3NO/c12-6-4-7(13)11(8(14)5-6)9-2-1-3-10(16)15-9/h1-5H,(H,15,16). The molecule has 0 spiro atoms. The van der Waals surface area contributed by atoms with E-state index in [9.17, 15) is 4.79 Å². The molecule has 2 aromatic rings. The minimum Gasteiger partial charge on any atom is -0.322 e. The third kappa shape index (κ3) is 2.24. The second-order valence-corrected chi connectivity index (χ2v) is 4.42. The van der Waals surface area contributed by atoms with Gasteiger partial charge in [-0.25, -0.2) is 0 Å². The van der Waals surface area contributed by atoms with E-state index in [1.165, 1.54) is 6.07 Å². The van der Waals surface area contributed by atoms with Crippen molar-refractivity contribution in [1.82, 2.24) is 4.98 Å². The Morgan fingerprint density at radius 2 is 1.62 bits per heavy atom. The van der Waals surface area contributed by atoms with Crippen molar-refractivity contribution in [3.63, 3.8) is 0 Å². The van der Waals surface area contributed by atoms with Crippen LogP contribution in [0.25, 0.3) is 11.3 Å². The van der Waals surface area contributed by atoms with Gasteiger partial charge in [0.05, 0.1) is 15.7 Å². The molecule has 0 atom stereocenters. The first kappa shape index (κ1) is 11.5. The Bertz CT molecular complexity index is 569. The molecule has 82 valence electrons. The number of rotatable bonds is 1. The van der Waals surface area contributed by atoms with Gasteiger partial charge in [-0.2, -0.15) is 0 Å². The van der Waals surface area contributed by atoms with Crippen LogP contribution < -0.4 is 5.56 Å². The minimum atomic E-state index is -0.209. The van der Waals surface area contributed by atoms with Gasteiger partial charge in [0.1, 0.15) is 0 Å². The fraction of sp³-hybridized carbons (Fsp3) is 0. The van der Waals surface area contributed by atoms with E-state index in [-0.39, 0.29) is 5.56 Å². The zero-order valence-electron chi connectivity index (χ0n) is 7.93. The summed E-state index contributed by atoms with van der Waals surface area (Å²) in [5.74, 6) is 0. The Balaban J connectivity index is 2.69.